The number of sulfonamides is 1. The van der Waals surface area contributed by atoms with Crippen LogP contribution in [0.15, 0.2) is 53.4 Å². The minimum atomic E-state index is -4.34. The predicted molar refractivity (Wildman–Crippen MR) is 122 cm³/mol. The summed E-state index contributed by atoms with van der Waals surface area (Å²) in [5.74, 6) is -1.23. The summed E-state index contributed by atoms with van der Waals surface area (Å²) in [6.45, 7) is 4.86. The molecule has 0 N–H and O–H groups in total. The van der Waals surface area contributed by atoms with Crippen molar-refractivity contribution in [3.8, 4) is 0 Å². The van der Waals surface area contributed by atoms with Gasteiger partial charge in [-0.2, -0.15) is 0 Å². The van der Waals surface area contributed by atoms with E-state index in [1.54, 1.807) is 20.8 Å². The fourth-order valence-electron chi connectivity index (χ4n) is 2.91. The van der Waals surface area contributed by atoms with Crippen molar-refractivity contribution in [2.45, 2.75) is 32.0 Å². The maximum atomic E-state index is 13.4. The van der Waals surface area contributed by atoms with Gasteiger partial charge in [0, 0.05) is 25.3 Å². The summed E-state index contributed by atoms with van der Waals surface area (Å²) in [4.78, 5) is 34.8. The molecule has 11 nitrogen and oxygen atoms in total. The number of nitro benzene ring substituents is 1. The van der Waals surface area contributed by atoms with Gasteiger partial charge in [0.05, 0.1) is 34.2 Å². The molecule has 0 aliphatic heterocycles. The van der Waals surface area contributed by atoms with E-state index in [4.69, 9.17) is 14.2 Å². The zero-order valence-corrected chi connectivity index (χ0v) is 19.8. The minimum absolute atomic E-state index is 0.0894. The summed E-state index contributed by atoms with van der Waals surface area (Å²) in [5, 5.41) is 10.9. The van der Waals surface area contributed by atoms with Gasteiger partial charge in [-0.1, -0.05) is 0 Å². The van der Waals surface area contributed by atoms with Crippen molar-refractivity contribution in [3.05, 3.63) is 64.2 Å². The van der Waals surface area contributed by atoms with Crippen LogP contribution in [0.25, 0.3) is 0 Å². The van der Waals surface area contributed by atoms with Crippen LogP contribution in [-0.4, -0.2) is 57.7 Å². The van der Waals surface area contributed by atoms with E-state index in [1.807, 2.05) is 0 Å². The topological polar surface area (TPSA) is 142 Å². The number of nitro groups is 1. The molecule has 2 aromatic carbocycles. The molecule has 0 saturated carbocycles. The average Bonchev–Trinajstić information content (AvgIpc) is 2.82. The van der Waals surface area contributed by atoms with Crippen molar-refractivity contribution in [1.82, 2.24) is 0 Å². The molecule has 2 rings (SSSR count). The van der Waals surface area contributed by atoms with E-state index in [-0.39, 0.29) is 41.7 Å². The second-order valence-electron chi connectivity index (χ2n) is 6.74. The zero-order chi connectivity index (χ0) is 25.3. The summed E-state index contributed by atoms with van der Waals surface area (Å²) in [6.07, 6.45) is -1.27. The molecule has 0 aliphatic carbocycles. The van der Waals surface area contributed by atoms with Crippen LogP contribution < -0.4 is 4.31 Å². The van der Waals surface area contributed by atoms with E-state index >= 15 is 0 Å². The monoisotopic (exact) mass is 494 g/mol. The number of carbonyl (C=O) groups excluding carboxylic acids is 2. The molecule has 0 aromatic heterocycles. The number of benzene rings is 2. The molecular weight excluding hydrogens is 468 g/mol. The van der Waals surface area contributed by atoms with E-state index in [0.717, 1.165) is 28.6 Å². The Balaban J connectivity index is 2.48. The van der Waals surface area contributed by atoms with Crippen molar-refractivity contribution >= 4 is 33.2 Å². The van der Waals surface area contributed by atoms with Gasteiger partial charge >= 0.3 is 5.97 Å². The van der Waals surface area contributed by atoms with Crippen molar-refractivity contribution in [1.29, 1.82) is 0 Å². The van der Waals surface area contributed by atoms with Crippen LogP contribution in [0.1, 0.15) is 31.1 Å². The van der Waals surface area contributed by atoms with Crippen LogP contribution in [0.2, 0.25) is 0 Å². The number of ketones is 1. The summed E-state index contributed by atoms with van der Waals surface area (Å²) in [5.41, 5.74) is 0.00531. The number of nitrogens with zero attached hydrogens (tertiary/aromatic N) is 2. The Kier molecular flexibility index (Phi) is 9.66. The Morgan fingerprint density at radius 1 is 0.941 bits per heavy atom. The van der Waals surface area contributed by atoms with Crippen molar-refractivity contribution < 1.29 is 37.1 Å². The predicted octanol–water partition coefficient (Wildman–Crippen LogP) is 2.94. The molecule has 0 atom stereocenters. The maximum absolute atomic E-state index is 13.4. The molecule has 0 fully saturated rings. The molecule has 0 spiro atoms. The molecule has 0 bridgehead atoms. The molecule has 0 amide bonds. The number of rotatable bonds is 13. The van der Waals surface area contributed by atoms with E-state index in [9.17, 15) is 28.1 Å². The van der Waals surface area contributed by atoms with Crippen LogP contribution in [-0.2, 0) is 29.0 Å². The first-order valence-electron chi connectivity index (χ1n) is 10.5. The van der Waals surface area contributed by atoms with Gasteiger partial charge in [-0.05, 0) is 57.2 Å². The van der Waals surface area contributed by atoms with Crippen LogP contribution in [0.4, 0.5) is 11.4 Å². The number of non-ortho nitro benzene ring substituents is 1. The van der Waals surface area contributed by atoms with Gasteiger partial charge in [-0.25, -0.2) is 13.2 Å². The van der Waals surface area contributed by atoms with Crippen LogP contribution in [0, 0.1) is 10.1 Å². The maximum Gasteiger partial charge on any atom is 0.338 e. The number of carbonyl (C=O) groups is 2. The molecule has 34 heavy (non-hydrogen) atoms. The van der Waals surface area contributed by atoms with Crippen molar-refractivity contribution in [2.75, 3.05) is 30.7 Å². The SMILES string of the molecule is CCOC(=O)c1ccc(N(CC(=O)C(OCC)OCC)S(=O)(=O)c2ccc([N+](=O)[O-])cc2)cc1. The molecule has 0 heterocycles. The number of hydrogen-bond acceptors (Lipinski definition) is 9. The summed E-state index contributed by atoms with van der Waals surface area (Å²) < 4.78 is 43.2. The van der Waals surface area contributed by atoms with Crippen molar-refractivity contribution in [2.24, 2.45) is 0 Å². The summed E-state index contributed by atoms with van der Waals surface area (Å²) >= 11 is 0. The van der Waals surface area contributed by atoms with E-state index < -0.39 is 39.5 Å². The number of anilines is 1. The quantitative estimate of drug-likeness (QED) is 0.178. The molecule has 0 aliphatic rings. The number of Topliss-reactive ketones (excluding diaryl/α,β-unsaturated/α-hetero) is 1. The van der Waals surface area contributed by atoms with Crippen LogP contribution in [0.3, 0.4) is 0 Å². The highest BCUT2D eigenvalue weighted by Crippen LogP contribution is 2.26. The third-order valence-electron chi connectivity index (χ3n) is 4.50. The molecule has 0 saturated heterocycles. The molecule has 2 aromatic rings. The third-order valence-corrected chi connectivity index (χ3v) is 6.29. The largest absolute Gasteiger partial charge is 0.462 e. The lowest BCUT2D eigenvalue weighted by atomic mass is 10.2. The number of ether oxygens (including phenoxy) is 3. The van der Waals surface area contributed by atoms with Gasteiger partial charge in [0.2, 0.25) is 12.1 Å². The first-order chi connectivity index (χ1) is 16.1. The van der Waals surface area contributed by atoms with Crippen molar-refractivity contribution in [3.63, 3.8) is 0 Å². The smallest absolute Gasteiger partial charge is 0.338 e. The molecular formula is C22H26N2O9S. The fraction of sp³-hybridized carbons (Fsp3) is 0.364. The number of hydrogen-bond donors (Lipinski definition) is 0. The number of esters is 1. The van der Waals surface area contributed by atoms with Gasteiger partial charge in [0.25, 0.3) is 15.7 Å². The van der Waals surface area contributed by atoms with Gasteiger partial charge in [-0.3, -0.25) is 19.2 Å². The van der Waals surface area contributed by atoms with E-state index in [0.29, 0.717) is 0 Å². The molecule has 12 heteroatoms. The average molecular weight is 495 g/mol. The molecule has 0 radical (unpaired) electrons. The standard InChI is InChI=1S/C22H26N2O9S/c1-4-31-21(26)16-7-9-17(10-8-16)23(15-20(25)22(32-5-2)33-6-3)34(29,30)19-13-11-18(12-14-19)24(27)28/h7-14,22H,4-6,15H2,1-3H3. The Morgan fingerprint density at radius 2 is 1.50 bits per heavy atom. The lowest BCUT2D eigenvalue weighted by molar-refractivity contribution is -0.384. The van der Waals surface area contributed by atoms with E-state index in [2.05, 4.69) is 0 Å². The Morgan fingerprint density at radius 3 is 1.97 bits per heavy atom. The second-order valence-corrected chi connectivity index (χ2v) is 8.60. The molecule has 184 valence electrons. The minimum Gasteiger partial charge on any atom is -0.462 e. The van der Waals surface area contributed by atoms with Crippen LogP contribution >= 0.6 is 0 Å². The molecule has 0 unspecified atom stereocenters. The summed E-state index contributed by atoms with van der Waals surface area (Å²) in [7, 11) is -4.34. The normalized spacial score (nSPS) is 11.3. The third kappa shape index (κ3) is 6.59. The fourth-order valence-corrected chi connectivity index (χ4v) is 4.34. The van der Waals surface area contributed by atoms with Gasteiger partial charge in [0.15, 0.2) is 0 Å². The lowest BCUT2D eigenvalue weighted by Crippen LogP contribution is -2.41. The lowest BCUT2D eigenvalue weighted by Gasteiger charge is -2.26. The highest BCUT2D eigenvalue weighted by molar-refractivity contribution is 7.92. The zero-order valence-electron chi connectivity index (χ0n) is 19.0. The Hall–Kier alpha value is -3.35. The first kappa shape index (κ1) is 26.9. The Bertz CT molecular complexity index is 1090. The highest BCUT2D eigenvalue weighted by atomic mass is 32.2. The summed E-state index contributed by atoms with van der Waals surface area (Å²) in [6, 6.07) is 9.75. The Labute approximate surface area is 197 Å². The highest BCUT2D eigenvalue weighted by Gasteiger charge is 2.31. The second kappa shape index (κ2) is 12.2. The van der Waals surface area contributed by atoms with Crippen LogP contribution in [0.5, 0.6) is 0 Å². The van der Waals surface area contributed by atoms with E-state index in [1.165, 1.54) is 24.3 Å². The van der Waals surface area contributed by atoms with Gasteiger partial charge in [-0.15, -0.1) is 0 Å². The van der Waals surface area contributed by atoms with Gasteiger partial charge < -0.3 is 14.2 Å². The first-order valence-corrected chi connectivity index (χ1v) is 11.9. The van der Waals surface area contributed by atoms with Gasteiger partial charge in [0.1, 0.15) is 0 Å².